The predicted molar refractivity (Wildman–Crippen MR) is 81.1 cm³/mol. The second kappa shape index (κ2) is 8.06. The second-order valence-electron chi connectivity index (χ2n) is 4.58. The molecule has 2 aromatic rings. The summed E-state index contributed by atoms with van der Waals surface area (Å²) in [6.07, 6.45) is 1.47. The monoisotopic (exact) mass is 324 g/mol. The van der Waals surface area contributed by atoms with Gasteiger partial charge in [-0.2, -0.15) is 5.10 Å². The van der Waals surface area contributed by atoms with Gasteiger partial charge in [0, 0.05) is 20.2 Å². The molecule has 23 heavy (non-hydrogen) atoms. The maximum Gasteiger partial charge on any atom is 0.191 e. The molecule has 2 rings (SSSR count). The Morgan fingerprint density at radius 3 is 2.83 bits per heavy atom. The molecule has 9 heteroatoms. The molecule has 1 aromatic heterocycles. The van der Waals surface area contributed by atoms with Crippen molar-refractivity contribution in [2.75, 3.05) is 20.2 Å². The number of aliphatic imine (C=N–C) groups is 1. The van der Waals surface area contributed by atoms with E-state index < -0.39 is 11.6 Å². The third kappa shape index (κ3) is 4.90. The highest BCUT2D eigenvalue weighted by Crippen LogP contribution is 2.17. The van der Waals surface area contributed by atoms with E-state index in [2.05, 4.69) is 25.7 Å². The molecule has 124 valence electrons. The van der Waals surface area contributed by atoms with Gasteiger partial charge in [0.05, 0.1) is 13.1 Å². The smallest absolute Gasteiger partial charge is 0.191 e. The molecule has 0 saturated carbocycles. The first-order valence-electron chi connectivity index (χ1n) is 6.95. The number of nitrogens with one attached hydrogen (secondary N) is 2. The molecule has 0 fully saturated rings. The van der Waals surface area contributed by atoms with Gasteiger partial charge in [0.15, 0.2) is 17.5 Å². The van der Waals surface area contributed by atoms with Crippen LogP contribution in [0.1, 0.15) is 5.82 Å². The standard InChI is InChI=1S/C14H18F2N6O/c1-17-14(19-8-13-20-9-21-22(13)2)18-5-6-23-12-4-3-10(15)7-11(12)16/h3-4,7,9H,5-6,8H2,1-2H3,(H2,17,18,19). The number of hydrogen-bond acceptors (Lipinski definition) is 4. The SMILES string of the molecule is CN=C(NCCOc1ccc(F)cc1F)NCc1ncnn1C. The average molecular weight is 324 g/mol. The molecule has 0 atom stereocenters. The van der Waals surface area contributed by atoms with Crippen LogP contribution in [0.25, 0.3) is 0 Å². The Bertz CT molecular complexity index is 673. The van der Waals surface area contributed by atoms with Gasteiger partial charge in [-0.05, 0) is 12.1 Å². The van der Waals surface area contributed by atoms with E-state index in [1.165, 1.54) is 12.4 Å². The van der Waals surface area contributed by atoms with E-state index >= 15 is 0 Å². The van der Waals surface area contributed by atoms with Crippen molar-refractivity contribution in [1.29, 1.82) is 0 Å². The van der Waals surface area contributed by atoms with Crippen molar-refractivity contribution < 1.29 is 13.5 Å². The number of aromatic nitrogens is 3. The molecule has 0 spiro atoms. The van der Waals surface area contributed by atoms with E-state index in [1.54, 1.807) is 18.8 Å². The van der Waals surface area contributed by atoms with Gasteiger partial charge in [0.25, 0.3) is 0 Å². The van der Waals surface area contributed by atoms with Crippen molar-refractivity contribution in [2.45, 2.75) is 6.54 Å². The molecular weight excluding hydrogens is 306 g/mol. The molecule has 0 saturated heterocycles. The number of aryl methyl sites for hydroxylation is 1. The lowest BCUT2D eigenvalue weighted by molar-refractivity contribution is 0.304. The summed E-state index contributed by atoms with van der Waals surface area (Å²) >= 11 is 0. The number of rotatable bonds is 6. The lowest BCUT2D eigenvalue weighted by Crippen LogP contribution is -2.39. The molecule has 0 bridgehead atoms. The highest BCUT2D eigenvalue weighted by molar-refractivity contribution is 5.79. The molecule has 2 N–H and O–H groups in total. The van der Waals surface area contributed by atoms with Crippen molar-refractivity contribution in [2.24, 2.45) is 12.0 Å². The number of guanidine groups is 1. The summed E-state index contributed by atoms with van der Waals surface area (Å²) in [7, 11) is 3.43. The number of hydrogen-bond donors (Lipinski definition) is 2. The summed E-state index contributed by atoms with van der Waals surface area (Å²) in [5, 5.41) is 10.0. The van der Waals surface area contributed by atoms with Crippen LogP contribution < -0.4 is 15.4 Å². The molecule has 0 radical (unpaired) electrons. The first-order chi connectivity index (χ1) is 11.1. The number of halogens is 2. The summed E-state index contributed by atoms with van der Waals surface area (Å²) in [6.45, 7) is 1.06. The second-order valence-corrected chi connectivity index (χ2v) is 4.58. The highest BCUT2D eigenvalue weighted by Gasteiger charge is 2.05. The van der Waals surface area contributed by atoms with Crippen molar-refractivity contribution in [1.82, 2.24) is 25.4 Å². The van der Waals surface area contributed by atoms with Gasteiger partial charge >= 0.3 is 0 Å². The number of nitrogens with zero attached hydrogens (tertiary/aromatic N) is 4. The lowest BCUT2D eigenvalue weighted by Gasteiger charge is -2.12. The largest absolute Gasteiger partial charge is 0.489 e. The minimum atomic E-state index is -0.727. The fraction of sp³-hybridized carbons (Fsp3) is 0.357. The maximum atomic E-state index is 13.4. The van der Waals surface area contributed by atoms with E-state index in [0.29, 0.717) is 19.0 Å². The van der Waals surface area contributed by atoms with Crippen LogP contribution in [0, 0.1) is 11.6 Å². The summed E-state index contributed by atoms with van der Waals surface area (Å²) in [5.41, 5.74) is 0. The summed E-state index contributed by atoms with van der Waals surface area (Å²) in [5.74, 6) is -0.0415. The van der Waals surface area contributed by atoms with E-state index in [9.17, 15) is 8.78 Å². The van der Waals surface area contributed by atoms with E-state index in [1.807, 2.05) is 0 Å². The van der Waals surface area contributed by atoms with E-state index in [0.717, 1.165) is 18.0 Å². The molecule has 7 nitrogen and oxygen atoms in total. The Balaban J connectivity index is 1.72. The molecule has 1 heterocycles. The highest BCUT2D eigenvalue weighted by atomic mass is 19.1. The Morgan fingerprint density at radius 1 is 1.35 bits per heavy atom. The van der Waals surface area contributed by atoms with Crippen molar-refractivity contribution >= 4 is 5.96 Å². The van der Waals surface area contributed by atoms with Crippen molar-refractivity contribution in [3.8, 4) is 5.75 Å². The van der Waals surface area contributed by atoms with Crippen LogP contribution >= 0.6 is 0 Å². The van der Waals surface area contributed by atoms with Crippen molar-refractivity contribution in [3.63, 3.8) is 0 Å². The normalized spacial score (nSPS) is 11.4. The number of ether oxygens (including phenoxy) is 1. The van der Waals surface area contributed by atoms with Gasteiger partial charge in [0.2, 0.25) is 0 Å². The first-order valence-corrected chi connectivity index (χ1v) is 6.95. The zero-order valence-corrected chi connectivity index (χ0v) is 12.9. The topological polar surface area (TPSA) is 76.4 Å². The predicted octanol–water partition coefficient (Wildman–Crippen LogP) is 0.837. The quantitative estimate of drug-likeness (QED) is 0.468. The Labute approximate surface area is 132 Å². The van der Waals surface area contributed by atoms with Gasteiger partial charge in [-0.1, -0.05) is 0 Å². The van der Waals surface area contributed by atoms with Crippen LogP contribution in [-0.4, -0.2) is 40.9 Å². The van der Waals surface area contributed by atoms with Crippen LogP contribution in [0.3, 0.4) is 0 Å². The van der Waals surface area contributed by atoms with Crippen molar-refractivity contribution in [3.05, 3.63) is 42.0 Å². The Hall–Kier alpha value is -2.71. The minimum absolute atomic E-state index is 0.00947. The zero-order valence-electron chi connectivity index (χ0n) is 12.9. The van der Waals surface area contributed by atoms with Crippen LogP contribution in [0.4, 0.5) is 8.78 Å². The van der Waals surface area contributed by atoms with E-state index in [-0.39, 0.29) is 12.4 Å². The van der Waals surface area contributed by atoms with Gasteiger partial charge < -0.3 is 15.4 Å². The number of benzene rings is 1. The first kappa shape index (κ1) is 16.7. The maximum absolute atomic E-state index is 13.4. The summed E-state index contributed by atoms with van der Waals surface area (Å²) in [6, 6.07) is 3.18. The molecular formula is C14H18F2N6O. The molecule has 0 aliphatic rings. The fourth-order valence-electron chi connectivity index (χ4n) is 1.79. The molecule has 1 aromatic carbocycles. The van der Waals surface area contributed by atoms with Crippen LogP contribution in [0.5, 0.6) is 5.75 Å². The van der Waals surface area contributed by atoms with Gasteiger partial charge in [0.1, 0.15) is 24.6 Å². The zero-order chi connectivity index (χ0) is 16.7. The lowest BCUT2D eigenvalue weighted by atomic mass is 10.3. The van der Waals surface area contributed by atoms with E-state index in [4.69, 9.17) is 4.74 Å². The van der Waals surface area contributed by atoms with Gasteiger partial charge in [-0.3, -0.25) is 9.67 Å². The fourth-order valence-corrected chi connectivity index (χ4v) is 1.79. The summed E-state index contributed by atoms with van der Waals surface area (Å²) < 4.78 is 33.1. The van der Waals surface area contributed by atoms with Crippen LogP contribution in [0.2, 0.25) is 0 Å². The third-order valence-corrected chi connectivity index (χ3v) is 2.99. The average Bonchev–Trinajstić information content (AvgIpc) is 2.93. The third-order valence-electron chi connectivity index (χ3n) is 2.99. The minimum Gasteiger partial charge on any atom is -0.489 e. The molecule has 0 aliphatic carbocycles. The van der Waals surface area contributed by atoms with Gasteiger partial charge in [-0.15, -0.1) is 0 Å². The Kier molecular flexibility index (Phi) is 5.84. The molecule has 0 aliphatic heterocycles. The van der Waals surface area contributed by atoms with Crippen LogP contribution in [0.15, 0.2) is 29.5 Å². The van der Waals surface area contributed by atoms with Crippen LogP contribution in [-0.2, 0) is 13.6 Å². The Morgan fingerprint density at radius 2 is 2.17 bits per heavy atom. The molecule has 0 unspecified atom stereocenters. The summed E-state index contributed by atoms with van der Waals surface area (Å²) in [4.78, 5) is 8.13. The molecule has 0 amide bonds. The van der Waals surface area contributed by atoms with Gasteiger partial charge in [-0.25, -0.2) is 13.8 Å².